The molecule has 0 radical (unpaired) electrons. The van der Waals surface area contributed by atoms with Crippen LogP contribution in [0.1, 0.15) is 23.7 Å². The Morgan fingerprint density at radius 2 is 1.87 bits per heavy atom. The number of halogens is 1. The van der Waals surface area contributed by atoms with E-state index in [1.54, 1.807) is 26.4 Å². The van der Waals surface area contributed by atoms with Crippen LogP contribution in [-0.2, 0) is 0 Å². The molecule has 0 saturated heterocycles. The average molecular weight is 320 g/mol. The Morgan fingerprint density at radius 1 is 1.27 bits per heavy atom. The highest BCUT2D eigenvalue weighted by molar-refractivity contribution is 14.1. The van der Waals surface area contributed by atoms with Crippen molar-refractivity contribution >= 4 is 28.4 Å². The standard InChI is InChI=1S/C11H13IO3/c1-4-9(13)7-5-8(12)11(15-3)6-10(7)14-2/h5-6H,4H2,1-3H3. The van der Waals surface area contributed by atoms with Crippen molar-refractivity contribution in [3.05, 3.63) is 21.3 Å². The molecule has 0 aromatic heterocycles. The molecule has 1 rings (SSSR count). The van der Waals surface area contributed by atoms with Gasteiger partial charge in [0.2, 0.25) is 0 Å². The van der Waals surface area contributed by atoms with Gasteiger partial charge in [0.25, 0.3) is 0 Å². The fourth-order valence-corrected chi connectivity index (χ4v) is 1.96. The normalized spacial score (nSPS) is 9.87. The van der Waals surface area contributed by atoms with E-state index in [1.807, 2.05) is 6.92 Å². The lowest BCUT2D eigenvalue weighted by Gasteiger charge is -2.10. The molecule has 0 unspecified atom stereocenters. The fraction of sp³-hybridized carbons (Fsp3) is 0.364. The summed E-state index contributed by atoms with van der Waals surface area (Å²) in [6.07, 6.45) is 0.471. The molecule has 3 nitrogen and oxygen atoms in total. The van der Waals surface area contributed by atoms with Crippen LogP contribution < -0.4 is 9.47 Å². The molecule has 0 N–H and O–H groups in total. The Balaban J connectivity index is 3.27. The highest BCUT2D eigenvalue weighted by Crippen LogP contribution is 2.30. The van der Waals surface area contributed by atoms with Crippen molar-refractivity contribution in [1.29, 1.82) is 0 Å². The monoisotopic (exact) mass is 320 g/mol. The molecule has 0 aliphatic heterocycles. The number of ether oxygens (including phenoxy) is 2. The predicted octanol–water partition coefficient (Wildman–Crippen LogP) is 2.90. The number of Topliss-reactive ketones (excluding diaryl/α,β-unsaturated/α-hetero) is 1. The van der Waals surface area contributed by atoms with Crippen molar-refractivity contribution in [2.75, 3.05) is 14.2 Å². The number of carbonyl (C=O) groups excluding carboxylic acids is 1. The molecule has 1 aromatic carbocycles. The third-order valence-electron chi connectivity index (χ3n) is 2.10. The summed E-state index contributed by atoms with van der Waals surface area (Å²) in [5.74, 6) is 1.37. The van der Waals surface area contributed by atoms with Gasteiger partial charge in [0.1, 0.15) is 11.5 Å². The number of hydrogen-bond acceptors (Lipinski definition) is 3. The Morgan fingerprint density at radius 3 is 2.33 bits per heavy atom. The van der Waals surface area contributed by atoms with E-state index in [1.165, 1.54) is 0 Å². The molecule has 0 fully saturated rings. The molecular weight excluding hydrogens is 307 g/mol. The first-order valence-electron chi connectivity index (χ1n) is 4.58. The molecule has 0 aliphatic carbocycles. The number of hydrogen-bond donors (Lipinski definition) is 0. The second-order valence-corrected chi connectivity index (χ2v) is 4.13. The summed E-state index contributed by atoms with van der Waals surface area (Å²) in [6.45, 7) is 1.83. The lowest BCUT2D eigenvalue weighted by atomic mass is 10.1. The Kier molecular flexibility index (Phi) is 4.38. The zero-order valence-corrected chi connectivity index (χ0v) is 11.1. The quantitative estimate of drug-likeness (QED) is 0.632. The van der Waals surface area contributed by atoms with Gasteiger partial charge in [0, 0.05) is 12.5 Å². The van der Waals surface area contributed by atoms with Gasteiger partial charge in [-0.1, -0.05) is 6.92 Å². The molecule has 4 heteroatoms. The van der Waals surface area contributed by atoms with E-state index in [9.17, 15) is 4.79 Å². The van der Waals surface area contributed by atoms with Crippen molar-refractivity contribution in [3.63, 3.8) is 0 Å². The van der Waals surface area contributed by atoms with Crippen LogP contribution in [0, 0.1) is 3.57 Å². The molecule has 0 bridgehead atoms. The van der Waals surface area contributed by atoms with Crippen molar-refractivity contribution in [2.45, 2.75) is 13.3 Å². The molecule has 0 amide bonds. The average Bonchev–Trinajstić information content (AvgIpc) is 2.27. The Bertz CT molecular complexity index is 374. The topological polar surface area (TPSA) is 35.5 Å². The number of carbonyl (C=O) groups is 1. The van der Waals surface area contributed by atoms with Crippen LogP contribution in [0.5, 0.6) is 11.5 Å². The van der Waals surface area contributed by atoms with E-state index in [-0.39, 0.29) is 5.78 Å². The fourth-order valence-electron chi connectivity index (χ4n) is 1.27. The summed E-state index contributed by atoms with van der Waals surface area (Å²) >= 11 is 2.14. The zero-order valence-electron chi connectivity index (χ0n) is 8.96. The van der Waals surface area contributed by atoms with Crippen molar-refractivity contribution < 1.29 is 14.3 Å². The molecule has 82 valence electrons. The molecule has 0 aliphatic rings. The van der Waals surface area contributed by atoms with Crippen LogP contribution in [0.25, 0.3) is 0 Å². The maximum Gasteiger partial charge on any atom is 0.166 e. The van der Waals surface area contributed by atoms with Gasteiger partial charge in [-0.25, -0.2) is 0 Å². The predicted molar refractivity (Wildman–Crippen MR) is 66.9 cm³/mol. The van der Waals surface area contributed by atoms with Gasteiger partial charge in [-0.15, -0.1) is 0 Å². The first-order valence-corrected chi connectivity index (χ1v) is 5.66. The van der Waals surface area contributed by atoms with Crippen molar-refractivity contribution in [3.8, 4) is 11.5 Å². The highest BCUT2D eigenvalue weighted by atomic mass is 127. The van der Waals surface area contributed by atoms with E-state index >= 15 is 0 Å². The number of ketones is 1. The lowest BCUT2D eigenvalue weighted by molar-refractivity contribution is 0.0985. The second kappa shape index (κ2) is 5.34. The maximum atomic E-state index is 11.6. The first kappa shape index (κ1) is 12.3. The molecule has 15 heavy (non-hydrogen) atoms. The zero-order chi connectivity index (χ0) is 11.4. The first-order chi connectivity index (χ1) is 7.13. The van der Waals surface area contributed by atoms with Gasteiger partial charge in [-0.3, -0.25) is 4.79 Å². The Labute approximate surface area is 103 Å². The summed E-state index contributed by atoms with van der Waals surface area (Å²) in [4.78, 5) is 11.6. The summed E-state index contributed by atoms with van der Waals surface area (Å²) in [6, 6.07) is 3.54. The van der Waals surface area contributed by atoms with Crippen LogP contribution >= 0.6 is 22.6 Å². The number of benzene rings is 1. The summed E-state index contributed by atoms with van der Waals surface area (Å²) < 4.78 is 11.2. The van der Waals surface area contributed by atoms with Crippen LogP contribution in [0.15, 0.2) is 12.1 Å². The largest absolute Gasteiger partial charge is 0.496 e. The van der Waals surface area contributed by atoms with Crippen LogP contribution in [0.2, 0.25) is 0 Å². The minimum absolute atomic E-state index is 0.0763. The lowest BCUT2D eigenvalue weighted by Crippen LogP contribution is -2.02. The van der Waals surface area contributed by atoms with Gasteiger partial charge in [0.15, 0.2) is 5.78 Å². The minimum Gasteiger partial charge on any atom is -0.496 e. The Hall–Kier alpha value is -0.780. The number of rotatable bonds is 4. The van der Waals surface area contributed by atoms with Gasteiger partial charge < -0.3 is 9.47 Å². The molecule has 1 aromatic rings. The van der Waals surface area contributed by atoms with Gasteiger partial charge in [-0.05, 0) is 28.7 Å². The molecule has 0 spiro atoms. The summed E-state index contributed by atoms with van der Waals surface area (Å²) in [5.41, 5.74) is 0.616. The SMILES string of the molecule is CCC(=O)c1cc(I)c(OC)cc1OC. The van der Waals surface area contributed by atoms with Crippen LogP contribution in [-0.4, -0.2) is 20.0 Å². The number of methoxy groups -OCH3 is 2. The minimum atomic E-state index is 0.0763. The highest BCUT2D eigenvalue weighted by Gasteiger charge is 2.14. The van der Waals surface area contributed by atoms with E-state index < -0.39 is 0 Å². The second-order valence-electron chi connectivity index (χ2n) is 2.96. The maximum absolute atomic E-state index is 11.6. The summed E-state index contributed by atoms with van der Waals surface area (Å²) in [5, 5.41) is 0. The molecule has 0 atom stereocenters. The van der Waals surface area contributed by atoms with E-state index in [2.05, 4.69) is 22.6 Å². The smallest absolute Gasteiger partial charge is 0.166 e. The van der Waals surface area contributed by atoms with Gasteiger partial charge in [0.05, 0.1) is 23.4 Å². The van der Waals surface area contributed by atoms with Crippen LogP contribution in [0.3, 0.4) is 0 Å². The van der Waals surface area contributed by atoms with Crippen molar-refractivity contribution in [2.24, 2.45) is 0 Å². The van der Waals surface area contributed by atoms with E-state index in [0.29, 0.717) is 17.7 Å². The van der Waals surface area contributed by atoms with E-state index in [0.717, 1.165) is 9.32 Å². The van der Waals surface area contributed by atoms with Gasteiger partial charge in [-0.2, -0.15) is 0 Å². The van der Waals surface area contributed by atoms with E-state index in [4.69, 9.17) is 9.47 Å². The van der Waals surface area contributed by atoms with Crippen LogP contribution in [0.4, 0.5) is 0 Å². The third-order valence-corrected chi connectivity index (χ3v) is 2.94. The van der Waals surface area contributed by atoms with Gasteiger partial charge >= 0.3 is 0 Å². The molecular formula is C11H13IO3. The molecule has 0 heterocycles. The summed E-state index contributed by atoms with van der Waals surface area (Å²) in [7, 11) is 3.15. The van der Waals surface area contributed by atoms with Crippen molar-refractivity contribution in [1.82, 2.24) is 0 Å². The third kappa shape index (κ3) is 2.62. The molecule has 0 saturated carbocycles.